The second-order valence-corrected chi connectivity index (χ2v) is 5.01. The highest BCUT2D eigenvalue weighted by Crippen LogP contribution is 2.14. The molecule has 104 valence electrons. The summed E-state index contributed by atoms with van der Waals surface area (Å²) in [6.45, 7) is 6.91. The molecule has 0 bridgehead atoms. The largest absolute Gasteiger partial charge is 0.340 e. The van der Waals surface area contributed by atoms with Crippen molar-refractivity contribution >= 4 is 17.7 Å². The van der Waals surface area contributed by atoms with Gasteiger partial charge in [-0.05, 0) is 20.3 Å². The summed E-state index contributed by atoms with van der Waals surface area (Å²) < 4.78 is 0. The van der Waals surface area contributed by atoms with Crippen molar-refractivity contribution in [3.8, 4) is 0 Å². The fourth-order valence-electron chi connectivity index (χ4n) is 1.77. The molecular weight excluding hydrogens is 246 g/mol. The zero-order valence-electron chi connectivity index (χ0n) is 11.2. The van der Waals surface area contributed by atoms with Crippen molar-refractivity contribution < 1.29 is 14.4 Å². The van der Waals surface area contributed by atoms with Crippen molar-refractivity contribution in [2.24, 2.45) is 5.73 Å². The van der Waals surface area contributed by atoms with Gasteiger partial charge >= 0.3 is 0 Å². The number of carbonyl (C=O) groups excluding carboxylic acids is 3. The van der Waals surface area contributed by atoms with Crippen molar-refractivity contribution in [3.05, 3.63) is 24.3 Å². The van der Waals surface area contributed by atoms with Gasteiger partial charge in [-0.1, -0.05) is 18.7 Å². The number of nitrogens with two attached hydrogens (primary N) is 1. The fourth-order valence-corrected chi connectivity index (χ4v) is 1.77. The van der Waals surface area contributed by atoms with E-state index in [0.29, 0.717) is 12.0 Å². The van der Waals surface area contributed by atoms with Gasteiger partial charge in [0.05, 0.1) is 0 Å². The lowest BCUT2D eigenvalue weighted by Gasteiger charge is -2.26. The third kappa shape index (κ3) is 4.03. The molecule has 0 aromatic rings. The van der Waals surface area contributed by atoms with Crippen LogP contribution in [0.2, 0.25) is 0 Å². The smallest absolute Gasteiger partial charge is 0.249 e. The topological polar surface area (TPSA) is 101 Å². The molecule has 0 spiro atoms. The van der Waals surface area contributed by atoms with Gasteiger partial charge in [0.25, 0.3) is 0 Å². The van der Waals surface area contributed by atoms with E-state index >= 15 is 0 Å². The van der Waals surface area contributed by atoms with E-state index in [9.17, 15) is 14.4 Å². The summed E-state index contributed by atoms with van der Waals surface area (Å²) in [5.74, 6) is -1.24. The Kier molecular flexibility index (Phi) is 4.61. The zero-order valence-corrected chi connectivity index (χ0v) is 11.2. The first kappa shape index (κ1) is 15.1. The van der Waals surface area contributed by atoms with Gasteiger partial charge in [-0.3, -0.25) is 19.7 Å². The van der Waals surface area contributed by atoms with Crippen LogP contribution < -0.4 is 16.4 Å². The standard InChI is InChI=1S/C13H19N3O3/c1-4-5-8(13(2,3)14)11(18)15-9-6-7-10(17)16-12(9)19/h4-5,9H,1,6-7,14H2,2-3H3,(H,15,18)(H,16,17,19)/b8-5-. The summed E-state index contributed by atoms with van der Waals surface area (Å²) in [4.78, 5) is 34.7. The Morgan fingerprint density at radius 3 is 2.63 bits per heavy atom. The summed E-state index contributed by atoms with van der Waals surface area (Å²) >= 11 is 0. The molecule has 1 aliphatic rings. The van der Waals surface area contributed by atoms with Crippen LogP contribution in [-0.2, 0) is 14.4 Å². The molecule has 1 atom stereocenters. The predicted octanol–water partition coefficient (Wildman–Crippen LogP) is -0.242. The third-order valence-corrected chi connectivity index (χ3v) is 2.77. The molecule has 0 aromatic carbocycles. The number of imide groups is 1. The number of hydrogen-bond acceptors (Lipinski definition) is 4. The lowest BCUT2D eigenvalue weighted by Crippen LogP contribution is -2.54. The number of carbonyl (C=O) groups is 3. The van der Waals surface area contributed by atoms with E-state index in [1.165, 1.54) is 12.2 Å². The van der Waals surface area contributed by atoms with Crippen molar-refractivity contribution in [2.45, 2.75) is 38.3 Å². The number of nitrogens with one attached hydrogen (secondary N) is 2. The van der Waals surface area contributed by atoms with Gasteiger partial charge in [-0.25, -0.2) is 0 Å². The van der Waals surface area contributed by atoms with E-state index in [-0.39, 0.29) is 12.3 Å². The first-order valence-electron chi connectivity index (χ1n) is 6.02. The molecule has 3 amide bonds. The van der Waals surface area contributed by atoms with Gasteiger partial charge in [0.15, 0.2) is 0 Å². The summed E-state index contributed by atoms with van der Waals surface area (Å²) in [7, 11) is 0. The number of hydrogen-bond donors (Lipinski definition) is 3. The number of allylic oxidation sites excluding steroid dienone is 2. The molecule has 1 unspecified atom stereocenters. The first-order valence-corrected chi connectivity index (χ1v) is 6.02. The van der Waals surface area contributed by atoms with E-state index in [1.54, 1.807) is 13.8 Å². The highest BCUT2D eigenvalue weighted by Gasteiger charge is 2.31. The average Bonchev–Trinajstić information content (AvgIpc) is 2.28. The Balaban J connectivity index is 2.78. The molecule has 6 heteroatoms. The van der Waals surface area contributed by atoms with Crippen LogP contribution in [0.5, 0.6) is 0 Å². The molecule has 1 saturated heterocycles. The van der Waals surface area contributed by atoms with Crippen molar-refractivity contribution in [1.82, 2.24) is 10.6 Å². The van der Waals surface area contributed by atoms with Crippen LogP contribution in [0, 0.1) is 0 Å². The van der Waals surface area contributed by atoms with Gasteiger partial charge in [0.1, 0.15) is 6.04 Å². The molecule has 1 fully saturated rings. The van der Waals surface area contributed by atoms with Crippen LogP contribution >= 0.6 is 0 Å². The maximum Gasteiger partial charge on any atom is 0.249 e. The minimum Gasteiger partial charge on any atom is -0.340 e. The van der Waals surface area contributed by atoms with Crippen LogP contribution in [0.1, 0.15) is 26.7 Å². The number of piperidine rings is 1. The predicted molar refractivity (Wildman–Crippen MR) is 70.9 cm³/mol. The number of rotatable bonds is 4. The molecule has 0 saturated carbocycles. The maximum atomic E-state index is 12.1. The highest BCUT2D eigenvalue weighted by atomic mass is 16.2. The van der Waals surface area contributed by atoms with Crippen LogP contribution in [0.3, 0.4) is 0 Å². The normalized spacial score (nSPS) is 20.8. The molecule has 6 nitrogen and oxygen atoms in total. The second-order valence-electron chi connectivity index (χ2n) is 5.01. The minimum atomic E-state index is -0.848. The first-order chi connectivity index (χ1) is 8.75. The Bertz CT molecular complexity index is 447. The molecule has 1 heterocycles. The average molecular weight is 265 g/mol. The van der Waals surface area contributed by atoms with Crippen LogP contribution in [0.15, 0.2) is 24.3 Å². The molecule has 1 rings (SSSR count). The number of amides is 3. The van der Waals surface area contributed by atoms with E-state index < -0.39 is 23.4 Å². The SMILES string of the molecule is C=C/C=C(/C(=O)NC1CCC(=O)NC1=O)C(C)(C)N. The monoisotopic (exact) mass is 265 g/mol. The minimum absolute atomic E-state index is 0.212. The molecule has 0 aromatic heterocycles. The lowest BCUT2D eigenvalue weighted by atomic mass is 9.93. The Morgan fingerprint density at radius 1 is 1.53 bits per heavy atom. The van der Waals surface area contributed by atoms with E-state index in [2.05, 4.69) is 17.2 Å². The Hall–Kier alpha value is -1.95. The van der Waals surface area contributed by atoms with Crippen LogP contribution in [-0.4, -0.2) is 29.3 Å². The summed E-state index contributed by atoms with van der Waals surface area (Å²) in [5.41, 5.74) is 5.38. The maximum absolute atomic E-state index is 12.1. The summed E-state index contributed by atoms with van der Waals surface area (Å²) in [6, 6.07) is -0.708. The third-order valence-electron chi connectivity index (χ3n) is 2.77. The second kappa shape index (κ2) is 5.79. The van der Waals surface area contributed by atoms with E-state index in [4.69, 9.17) is 5.73 Å². The van der Waals surface area contributed by atoms with Crippen molar-refractivity contribution in [3.63, 3.8) is 0 Å². The molecule has 0 radical (unpaired) electrons. The molecule has 4 N–H and O–H groups in total. The summed E-state index contributed by atoms with van der Waals surface area (Å²) in [5, 5.41) is 4.76. The lowest BCUT2D eigenvalue weighted by molar-refractivity contribution is -0.136. The molecule has 19 heavy (non-hydrogen) atoms. The molecule has 1 aliphatic heterocycles. The van der Waals surface area contributed by atoms with Crippen molar-refractivity contribution in [1.29, 1.82) is 0 Å². The Labute approximate surface area is 112 Å². The highest BCUT2D eigenvalue weighted by molar-refractivity contribution is 6.04. The molecular formula is C13H19N3O3. The van der Waals surface area contributed by atoms with Gasteiger partial charge in [0.2, 0.25) is 17.7 Å². The van der Waals surface area contributed by atoms with Gasteiger partial charge in [-0.15, -0.1) is 0 Å². The van der Waals surface area contributed by atoms with Crippen LogP contribution in [0.25, 0.3) is 0 Å². The quantitative estimate of drug-likeness (QED) is 0.371. The fraction of sp³-hybridized carbons (Fsp3) is 0.462. The van der Waals surface area contributed by atoms with E-state index in [1.807, 2.05) is 0 Å². The Morgan fingerprint density at radius 2 is 2.16 bits per heavy atom. The van der Waals surface area contributed by atoms with Gasteiger partial charge < -0.3 is 11.1 Å². The zero-order chi connectivity index (χ0) is 14.6. The van der Waals surface area contributed by atoms with Crippen LogP contribution in [0.4, 0.5) is 0 Å². The van der Waals surface area contributed by atoms with Gasteiger partial charge in [0, 0.05) is 17.5 Å². The summed E-state index contributed by atoms with van der Waals surface area (Å²) in [6.07, 6.45) is 3.49. The van der Waals surface area contributed by atoms with Gasteiger partial charge in [-0.2, -0.15) is 0 Å². The van der Waals surface area contributed by atoms with Crippen molar-refractivity contribution in [2.75, 3.05) is 0 Å². The molecule has 0 aliphatic carbocycles. The van der Waals surface area contributed by atoms with E-state index in [0.717, 1.165) is 0 Å².